The molecule has 1 nitrogen and oxygen atoms in total. The minimum atomic E-state index is 1.18. The third kappa shape index (κ3) is 3.03. The molecule has 0 bridgehead atoms. The molecule has 0 amide bonds. The molecule has 0 aliphatic rings. The molecule has 6 rings (SSSR count). The van der Waals surface area contributed by atoms with Crippen molar-refractivity contribution in [2.75, 3.05) is 0 Å². The van der Waals surface area contributed by atoms with Gasteiger partial charge in [0.05, 0.1) is 11.0 Å². The van der Waals surface area contributed by atoms with Gasteiger partial charge in [0.25, 0.3) is 0 Å². The first-order valence-corrected chi connectivity index (χ1v) is 10.6. The van der Waals surface area contributed by atoms with Crippen molar-refractivity contribution < 1.29 is 0 Å². The number of nitrogens with zero attached hydrogens (tertiary/aromatic N) is 1. The quantitative estimate of drug-likeness (QED) is 0.285. The number of benzene rings is 5. The summed E-state index contributed by atoms with van der Waals surface area (Å²) in [7, 11) is 0. The molecule has 6 aromatic rings. The van der Waals surface area contributed by atoms with Crippen LogP contribution in [-0.4, -0.2) is 4.57 Å². The van der Waals surface area contributed by atoms with Crippen LogP contribution in [0.1, 0.15) is 0 Å². The van der Waals surface area contributed by atoms with E-state index in [0.29, 0.717) is 0 Å². The van der Waals surface area contributed by atoms with E-state index in [1.54, 1.807) is 0 Å². The molecule has 0 spiro atoms. The van der Waals surface area contributed by atoms with E-state index >= 15 is 0 Å². The van der Waals surface area contributed by atoms with Gasteiger partial charge in [-0.05, 0) is 58.7 Å². The second-order valence-corrected chi connectivity index (χ2v) is 7.87. The van der Waals surface area contributed by atoms with Gasteiger partial charge in [-0.25, -0.2) is 0 Å². The molecule has 146 valence electrons. The number of para-hydroxylation sites is 1. The lowest BCUT2D eigenvalue weighted by atomic mass is 10.0. The summed E-state index contributed by atoms with van der Waals surface area (Å²) in [6.07, 6.45) is 0. The van der Waals surface area contributed by atoms with Gasteiger partial charge in [-0.3, -0.25) is 0 Å². The summed E-state index contributed by atoms with van der Waals surface area (Å²) < 4.78 is 2.37. The van der Waals surface area contributed by atoms with Gasteiger partial charge in [0.15, 0.2) is 0 Å². The van der Waals surface area contributed by atoms with Crippen molar-refractivity contribution in [1.29, 1.82) is 0 Å². The zero-order valence-corrected chi connectivity index (χ0v) is 17.1. The lowest BCUT2D eigenvalue weighted by Gasteiger charge is -2.08. The fourth-order valence-electron chi connectivity index (χ4n) is 4.50. The van der Waals surface area contributed by atoms with Crippen LogP contribution in [0.25, 0.3) is 49.7 Å². The first-order valence-electron chi connectivity index (χ1n) is 10.6. The van der Waals surface area contributed by atoms with Gasteiger partial charge in [-0.1, -0.05) is 91.0 Å². The van der Waals surface area contributed by atoms with Crippen LogP contribution in [0.3, 0.4) is 0 Å². The summed E-state index contributed by atoms with van der Waals surface area (Å²) in [5, 5.41) is 2.55. The molecule has 31 heavy (non-hydrogen) atoms. The summed E-state index contributed by atoms with van der Waals surface area (Å²) in [6.45, 7) is 0. The van der Waals surface area contributed by atoms with Gasteiger partial charge >= 0.3 is 0 Å². The van der Waals surface area contributed by atoms with Crippen molar-refractivity contribution in [3.05, 3.63) is 127 Å². The van der Waals surface area contributed by atoms with E-state index in [0.717, 1.165) is 0 Å². The summed E-state index contributed by atoms with van der Waals surface area (Å²) >= 11 is 0. The normalized spacial score (nSPS) is 11.2. The smallest absolute Gasteiger partial charge is 0.0541 e. The third-order valence-electron chi connectivity index (χ3n) is 5.99. The molecule has 0 saturated heterocycles. The fourth-order valence-corrected chi connectivity index (χ4v) is 4.50. The van der Waals surface area contributed by atoms with E-state index in [9.17, 15) is 0 Å². The summed E-state index contributed by atoms with van der Waals surface area (Å²) in [5.74, 6) is 0. The predicted octanol–water partition coefficient (Wildman–Crippen LogP) is 8.12. The molecule has 0 radical (unpaired) electrons. The maximum absolute atomic E-state index is 2.37. The molecule has 5 aromatic carbocycles. The van der Waals surface area contributed by atoms with Crippen LogP contribution in [0.5, 0.6) is 0 Å². The molecule has 0 aliphatic carbocycles. The highest BCUT2D eigenvalue weighted by Gasteiger charge is 2.14. The van der Waals surface area contributed by atoms with Gasteiger partial charge in [0.1, 0.15) is 0 Å². The maximum Gasteiger partial charge on any atom is 0.0541 e. The number of hydrogen-bond donors (Lipinski definition) is 0. The molecular weight excluding hydrogens is 374 g/mol. The molecule has 1 heteroatoms. The summed E-state index contributed by atoms with van der Waals surface area (Å²) in [4.78, 5) is 0. The third-order valence-corrected chi connectivity index (χ3v) is 5.99. The Labute approximate surface area is 181 Å². The highest BCUT2D eigenvalue weighted by molar-refractivity contribution is 6.11. The highest BCUT2D eigenvalue weighted by Crippen LogP contribution is 2.36. The number of aromatic nitrogens is 1. The van der Waals surface area contributed by atoms with E-state index in [2.05, 4.69) is 132 Å². The molecule has 0 fully saturated rings. The topological polar surface area (TPSA) is 4.93 Å². The van der Waals surface area contributed by atoms with Crippen LogP contribution < -0.4 is 0 Å². The highest BCUT2D eigenvalue weighted by atomic mass is 15.0. The van der Waals surface area contributed by atoms with Crippen LogP contribution in [0, 0.1) is 0 Å². The fraction of sp³-hybridized carbons (Fsp3) is 0. The maximum atomic E-state index is 2.37. The molecule has 0 unspecified atom stereocenters. The largest absolute Gasteiger partial charge is 0.309 e. The Balaban J connectivity index is 1.67. The van der Waals surface area contributed by atoms with Gasteiger partial charge in [-0.2, -0.15) is 0 Å². The molecular formula is C30H21N. The Morgan fingerprint density at radius 1 is 0.355 bits per heavy atom. The van der Waals surface area contributed by atoms with Crippen molar-refractivity contribution in [3.8, 4) is 27.9 Å². The molecule has 0 aliphatic heterocycles. The summed E-state index contributed by atoms with van der Waals surface area (Å²) in [5.41, 5.74) is 8.60. The van der Waals surface area contributed by atoms with Crippen molar-refractivity contribution in [3.63, 3.8) is 0 Å². The van der Waals surface area contributed by atoms with Crippen LogP contribution in [0.4, 0.5) is 0 Å². The van der Waals surface area contributed by atoms with Gasteiger partial charge in [-0.15, -0.1) is 0 Å². The van der Waals surface area contributed by atoms with Crippen molar-refractivity contribution in [2.24, 2.45) is 0 Å². The zero-order valence-electron chi connectivity index (χ0n) is 17.1. The van der Waals surface area contributed by atoms with Crippen molar-refractivity contribution in [1.82, 2.24) is 4.57 Å². The van der Waals surface area contributed by atoms with E-state index in [-0.39, 0.29) is 0 Å². The molecule has 0 atom stereocenters. The predicted molar refractivity (Wildman–Crippen MR) is 132 cm³/mol. The number of rotatable bonds is 3. The molecule has 1 heterocycles. The van der Waals surface area contributed by atoms with Gasteiger partial charge < -0.3 is 4.57 Å². The van der Waals surface area contributed by atoms with E-state index < -0.39 is 0 Å². The van der Waals surface area contributed by atoms with E-state index in [4.69, 9.17) is 0 Å². The van der Waals surface area contributed by atoms with Gasteiger partial charge in [0, 0.05) is 16.5 Å². The van der Waals surface area contributed by atoms with Gasteiger partial charge in [0.2, 0.25) is 0 Å². The Bertz CT molecular complexity index is 1400. The Hall–Kier alpha value is -4.10. The SMILES string of the molecule is c1ccc(-c2ccc3c(c2)c2cc(-c4ccccc4)ccc2n3-c2ccccc2)cc1. The summed E-state index contributed by atoms with van der Waals surface area (Å²) in [6, 6.07) is 45.5. The monoisotopic (exact) mass is 395 g/mol. The standard InChI is InChI=1S/C30H21N/c1-4-10-22(11-5-1)24-16-18-29-27(20-24)28-21-25(23-12-6-2-7-13-23)17-19-30(28)31(29)26-14-8-3-9-15-26/h1-21H. The minimum Gasteiger partial charge on any atom is -0.309 e. The Kier molecular flexibility index (Phi) is 4.18. The first kappa shape index (κ1) is 17.7. The zero-order chi connectivity index (χ0) is 20.6. The van der Waals surface area contributed by atoms with Crippen molar-refractivity contribution in [2.45, 2.75) is 0 Å². The second kappa shape index (κ2) is 7.30. The average Bonchev–Trinajstić information content (AvgIpc) is 3.18. The Morgan fingerprint density at radius 2 is 0.774 bits per heavy atom. The van der Waals surface area contributed by atoms with Crippen LogP contribution in [0.2, 0.25) is 0 Å². The lowest BCUT2D eigenvalue weighted by molar-refractivity contribution is 1.18. The number of hydrogen-bond acceptors (Lipinski definition) is 0. The van der Waals surface area contributed by atoms with E-state index in [1.165, 1.54) is 49.7 Å². The Morgan fingerprint density at radius 3 is 1.23 bits per heavy atom. The van der Waals surface area contributed by atoms with Crippen LogP contribution in [-0.2, 0) is 0 Å². The molecule has 0 N–H and O–H groups in total. The average molecular weight is 396 g/mol. The first-order chi connectivity index (χ1) is 15.4. The number of fused-ring (bicyclic) bond motifs is 3. The van der Waals surface area contributed by atoms with Crippen molar-refractivity contribution >= 4 is 21.8 Å². The van der Waals surface area contributed by atoms with Crippen LogP contribution in [0.15, 0.2) is 127 Å². The van der Waals surface area contributed by atoms with E-state index in [1.807, 2.05) is 0 Å². The second-order valence-electron chi connectivity index (χ2n) is 7.87. The lowest BCUT2D eigenvalue weighted by Crippen LogP contribution is -1.93. The molecule has 1 aromatic heterocycles. The molecule has 0 saturated carbocycles. The minimum absolute atomic E-state index is 1.18. The van der Waals surface area contributed by atoms with Crippen LogP contribution >= 0.6 is 0 Å².